The van der Waals surface area contributed by atoms with Gasteiger partial charge in [0.05, 0.1) is 0 Å². The van der Waals surface area contributed by atoms with Crippen molar-refractivity contribution in [3.63, 3.8) is 0 Å². The lowest BCUT2D eigenvalue weighted by Crippen LogP contribution is -2.09. The topological polar surface area (TPSA) is 63.6 Å². The van der Waals surface area contributed by atoms with Crippen LogP contribution in [-0.2, 0) is 4.74 Å². The van der Waals surface area contributed by atoms with Crippen molar-refractivity contribution in [3.05, 3.63) is 65.2 Å². The van der Waals surface area contributed by atoms with Crippen molar-refractivity contribution in [3.8, 4) is 0 Å². The van der Waals surface area contributed by atoms with Crippen LogP contribution in [0.1, 0.15) is 27.6 Å². The number of fused-ring (bicyclic) bond motifs is 1. The average molecular weight is 300 g/mol. The average Bonchev–Trinajstić information content (AvgIpc) is 2.90. The minimum absolute atomic E-state index is 0.0593. The molecule has 0 spiro atoms. The zero-order chi connectivity index (χ0) is 14.8. The smallest absolute Gasteiger partial charge is 0.450 e. The summed E-state index contributed by atoms with van der Waals surface area (Å²) in [4.78, 5) is 24.1. The van der Waals surface area contributed by atoms with Crippen molar-refractivity contribution < 1.29 is 19.4 Å². The Morgan fingerprint density at radius 1 is 1.10 bits per heavy atom. The first kappa shape index (κ1) is 13.7. The van der Waals surface area contributed by atoms with E-state index in [9.17, 15) is 9.59 Å². The lowest BCUT2D eigenvalue weighted by atomic mass is 10.00. The number of ketones is 1. The first-order valence-electron chi connectivity index (χ1n) is 6.42. The molecule has 106 valence electrons. The van der Waals surface area contributed by atoms with Gasteiger partial charge >= 0.3 is 6.16 Å². The Hall–Kier alpha value is -2.27. The maximum absolute atomic E-state index is 12.6. The number of carboxylic acid groups (broad SMARTS) is 1. The van der Waals surface area contributed by atoms with Gasteiger partial charge in [-0.3, -0.25) is 4.79 Å². The van der Waals surface area contributed by atoms with E-state index in [-0.39, 0.29) is 5.78 Å². The number of carbonyl (C=O) groups is 2. The number of carbonyl (C=O) groups excluding carboxylic acids is 1. The standard InChI is InChI=1S/C16H12O4S/c17-14(10-5-2-1-3-6-10)12-8-4-7-11-13(20-16(18)19)9-21-15(11)12/h1-8,13H,9H2,(H,18,19). The molecule has 0 bridgehead atoms. The number of ether oxygens (including phenoxy) is 1. The molecule has 0 amide bonds. The molecular formula is C16H12O4S. The Kier molecular flexibility index (Phi) is 3.66. The molecule has 3 rings (SSSR count). The van der Waals surface area contributed by atoms with Crippen molar-refractivity contribution in [2.45, 2.75) is 11.0 Å². The van der Waals surface area contributed by atoms with Crippen LogP contribution in [0.15, 0.2) is 53.4 Å². The van der Waals surface area contributed by atoms with E-state index in [0.717, 1.165) is 10.5 Å². The quantitative estimate of drug-likeness (QED) is 0.690. The van der Waals surface area contributed by atoms with Crippen LogP contribution >= 0.6 is 11.8 Å². The number of rotatable bonds is 3. The number of benzene rings is 2. The first-order chi connectivity index (χ1) is 10.2. The Labute approximate surface area is 125 Å². The number of thioether (sulfide) groups is 1. The van der Waals surface area contributed by atoms with Gasteiger partial charge in [-0.1, -0.05) is 42.5 Å². The molecule has 1 aliphatic heterocycles. The largest absolute Gasteiger partial charge is 0.506 e. The molecule has 1 N–H and O–H groups in total. The van der Waals surface area contributed by atoms with E-state index in [1.807, 2.05) is 24.3 Å². The third-order valence-corrected chi connectivity index (χ3v) is 4.51. The van der Waals surface area contributed by atoms with E-state index < -0.39 is 12.3 Å². The summed E-state index contributed by atoms with van der Waals surface area (Å²) >= 11 is 1.46. The fourth-order valence-corrected chi connectivity index (χ4v) is 3.61. The maximum Gasteiger partial charge on any atom is 0.506 e. The second-order valence-electron chi connectivity index (χ2n) is 4.60. The van der Waals surface area contributed by atoms with Crippen molar-refractivity contribution in [2.24, 2.45) is 0 Å². The molecule has 1 heterocycles. The summed E-state index contributed by atoms with van der Waals surface area (Å²) < 4.78 is 4.86. The predicted molar refractivity (Wildman–Crippen MR) is 78.9 cm³/mol. The van der Waals surface area contributed by atoms with Gasteiger partial charge in [-0.2, -0.15) is 0 Å². The first-order valence-corrected chi connectivity index (χ1v) is 7.40. The monoisotopic (exact) mass is 300 g/mol. The highest BCUT2D eigenvalue weighted by Crippen LogP contribution is 2.42. The van der Waals surface area contributed by atoms with Gasteiger partial charge in [-0.25, -0.2) is 4.79 Å². The number of hydrogen-bond acceptors (Lipinski definition) is 4. The summed E-state index contributed by atoms with van der Waals surface area (Å²) in [5, 5.41) is 8.76. The minimum Gasteiger partial charge on any atom is -0.450 e. The van der Waals surface area contributed by atoms with Gasteiger partial charge in [0, 0.05) is 27.3 Å². The highest BCUT2D eigenvalue weighted by molar-refractivity contribution is 7.99. The highest BCUT2D eigenvalue weighted by Gasteiger charge is 2.30. The molecule has 2 aromatic carbocycles. The van der Waals surface area contributed by atoms with E-state index >= 15 is 0 Å². The van der Waals surface area contributed by atoms with Gasteiger partial charge < -0.3 is 9.84 Å². The van der Waals surface area contributed by atoms with Crippen LogP contribution in [0, 0.1) is 0 Å². The lowest BCUT2D eigenvalue weighted by molar-refractivity contribution is 0.0608. The van der Waals surface area contributed by atoms with Crippen molar-refractivity contribution >= 4 is 23.7 Å². The Bertz CT molecular complexity index is 697. The molecule has 2 aromatic rings. The second kappa shape index (κ2) is 5.61. The van der Waals surface area contributed by atoms with Crippen LogP contribution < -0.4 is 0 Å². The molecule has 1 atom stereocenters. The molecular weight excluding hydrogens is 288 g/mol. The van der Waals surface area contributed by atoms with Crippen molar-refractivity contribution in [1.82, 2.24) is 0 Å². The second-order valence-corrected chi connectivity index (χ2v) is 5.63. The molecule has 0 radical (unpaired) electrons. The maximum atomic E-state index is 12.6. The van der Waals surface area contributed by atoms with Crippen LogP contribution in [0.4, 0.5) is 4.79 Å². The van der Waals surface area contributed by atoms with Gasteiger partial charge in [-0.15, -0.1) is 11.8 Å². The molecule has 0 aromatic heterocycles. The molecule has 0 aliphatic carbocycles. The van der Waals surface area contributed by atoms with E-state index in [4.69, 9.17) is 9.84 Å². The Balaban J connectivity index is 1.98. The van der Waals surface area contributed by atoms with Crippen LogP contribution in [0.3, 0.4) is 0 Å². The van der Waals surface area contributed by atoms with Crippen molar-refractivity contribution in [1.29, 1.82) is 0 Å². The zero-order valence-corrected chi connectivity index (χ0v) is 11.8. The number of hydrogen-bond donors (Lipinski definition) is 1. The van der Waals surface area contributed by atoms with Gasteiger partial charge in [0.15, 0.2) is 5.78 Å². The molecule has 4 nitrogen and oxygen atoms in total. The summed E-state index contributed by atoms with van der Waals surface area (Å²) in [6.07, 6.45) is -1.81. The lowest BCUT2D eigenvalue weighted by Gasteiger charge is -2.10. The molecule has 0 saturated heterocycles. The van der Waals surface area contributed by atoms with Gasteiger partial charge in [0.25, 0.3) is 0 Å². The van der Waals surface area contributed by atoms with Crippen LogP contribution in [0.25, 0.3) is 0 Å². The summed E-state index contributed by atoms with van der Waals surface area (Å²) in [6, 6.07) is 14.4. The third kappa shape index (κ3) is 2.64. The Morgan fingerprint density at radius 3 is 2.57 bits per heavy atom. The molecule has 1 aliphatic rings. The van der Waals surface area contributed by atoms with Gasteiger partial charge in [0.2, 0.25) is 0 Å². The SMILES string of the molecule is O=C(O)OC1CSc2c(C(=O)c3ccccc3)cccc21. The molecule has 1 unspecified atom stereocenters. The van der Waals surface area contributed by atoms with E-state index in [1.54, 1.807) is 24.3 Å². The molecule has 5 heteroatoms. The summed E-state index contributed by atoms with van der Waals surface area (Å²) in [7, 11) is 0. The fraction of sp³-hybridized carbons (Fsp3) is 0.125. The molecule has 0 fully saturated rings. The van der Waals surface area contributed by atoms with Gasteiger partial charge in [-0.05, 0) is 6.07 Å². The highest BCUT2D eigenvalue weighted by atomic mass is 32.2. The van der Waals surface area contributed by atoms with Crippen molar-refractivity contribution in [2.75, 3.05) is 5.75 Å². The summed E-state index contributed by atoms with van der Waals surface area (Å²) in [5.41, 5.74) is 1.98. The fourth-order valence-electron chi connectivity index (χ4n) is 2.36. The van der Waals surface area contributed by atoms with Gasteiger partial charge in [0.1, 0.15) is 6.10 Å². The van der Waals surface area contributed by atoms with Crippen LogP contribution in [0.5, 0.6) is 0 Å². The minimum atomic E-state index is -1.30. The normalized spacial score (nSPS) is 16.3. The Morgan fingerprint density at radius 2 is 1.86 bits per heavy atom. The zero-order valence-electron chi connectivity index (χ0n) is 11.0. The summed E-state index contributed by atoms with van der Waals surface area (Å²) in [5.74, 6) is 0.441. The van der Waals surface area contributed by atoms with E-state index in [0.29, 0.717) is 16.9 Å². The van der Waals surface area contributed by atoms with Crippen LogP contribution in [-0.4, -0.2) is 22.8 Å². The molecule has 21 heavy (non-hydrogen) atoms. The van der Waals surface area contributed by atoms with E-state index in [2.05, 4.69) is 0 Å². The van der Waals surface area contributed by atoms with Crippen LogP contribution in [0.2, 0.25) is 0 Å². The third-order valence-electron chi connectivity index (χ3n) is 3.30. The summed E-state index contributed by atoms with van der Waals surface area (Å²) in [6.45, 7) is 0. The predicted octanol–water partition coefficient (Wildman–Crippen LogP) is 3.76. The van der Waals surface area contributed by atoms with E-state index in [1.165, 1.54) is 11.8 Å². The molecule has 0 saturated carbocycles.